The fraction of sp³-hybridized carbons (Fsp3) is 0.235. The van der Waals surface area contributed by atoms with Crippen LogP contribution in [0.1, 0.15) is 27.1 Å². The van der Waals surface area contributed by atoms with Crippen molar-refractivity contribution < 1.29 is 4.79 Å². The highest BCUT2D eigenvalue weighted by Gasteiger charge is 2.22. The number of aryl methyl sites for hydroxylation is 1. The number of anilines is 1. The van der Waals surface area contributed by atoms with Crippen LogP contribution in [0.2, 0.25) is 5.02 Å². The van der Waals surface area contributed by atoms with E-state index in [-0.39, 0.29) is 10.7 Å². The summed E-state index contributed by atoms with van der Waals surface area (Å²) in [4.78, 5) is 11.6. The van der Waals surface area contributed by atoms with Crippen LogP contribution in [0.25, 0.3) is 0 Å². The summed E-state index contributed by atoms with van der Waals surface area (Å²) in [6.45, 7) is 2.11. The Balaban J connectivity index is 1.89. The Hall–Kier alpha value is -1.32. The Morgan fingerprint density at radius 2 is 2.10 bits per heavy atom. The molecule has 1 atom stereocenters. The lowest BCUT2D eigenvalue weighted by Gasteiger charge is -2.15. The molecule has 0 aromatic heterocycles. The molecular formula is C17H15BrClNO. The predicted molar refractivity (Wildman–Crippen MR) is 90.3 cm³/mol. The van der Waals surface area contributed by atoms with Crippen LogP contribution in [0.15, 0.2) is 36.4 Å². The molecule has 1 aliphatic heterocycles. The quantitative estimate of drug-likeness (QED) is 0.777. The van der Waals surface area contributed by atoms with Gasteiger partial charge >= 0.3 is 0 Å². The molecule has 1 unspecified atom stereocenters. The van der Waals surface area contributed by atoms with E-state index in [9.17, 15) is 4.79 Å². The van der Waals surface area contributed by atoms with Crippen LogP contribution in [0.3, 0.4) is 0 Å². The van der Waals surface area contributed by atoms with E-state index in [1.165, 1.54) is 11.1 Å². The van der Waals surface area contributed by atoms with Gasteiger partial charge in [-0.25, -0.2) is 0 Å². The van der Waals surface area contributed by atoms with E-state index in [4.69, 9.17) is 11.6 Å². The molecule has 21 heavy (non-hydrogen) atoms. The van der Waals surface area contributed by atoms with Gasteiger partial charge in [-0.05, 0) is 41.7 Å². The third-order valence-electron chi connectivity index (χ3n) is 3.85. The highest BCUT2D eigenvalue weighted by molar-refractivity contribution is 9.09. The number of alkyl halides is 1. The minimum absolute atomic E-state index is 0.0308. The maximum absolute atomic E-state index is 11.5. The molecule has 0 spiro atoms. The maximum Gasteiger partial charge on any atom is 0.228 e. The highest BCUT2D eigenvalue weighted by atomic mass is 79.9. The monoisotopic (exact) mass is 363 g/mol. The van der Waals surface area contributed by atoms with E-state index < -0.39 is 0 Å². The summed E-state index contributed by atoms with van der Waals surface area (Å²) in [5, 5.41) is 3.51. The van der Waals surface area contributed by atoms with Gasteiger partial charge in [0.15, 0.2) is 0 Å². The SMILES string of the molecule is Cc1ccccc1CC(Br)c1cc2c(cc1Cl)NC(=O)C2. The molecule has 2 aromatic carbocycles. The van der Waals surface area contributed by atoms with Crippen LogP contribution >= 0.6 is 27.5 Å². The zero-order chi connectivity index (χ0) is 15.0. The second-order valence-electron chi connectivity index (χ2n) is 5.35. The van der Waals surface area contributed by atoms with Gasteiger partial charge in [0.2, 0.25) is 5.91 Å². The van der Waals surface area contributed by atoms with Crippen molar-refractivity contribution in [3.05, 3.63) is 63.7 Å². The lowest BCUT2D eigenvalue weighted by Crippen LogP contribution is -2.03. The minimum Gasteiger partial charge on any atom is -0.325 e. The van der Waals surface area contributed by atoms with Gasteiger partial charge in [-0.1, -0.05) is 57.9 Å². The molecule has 2 nitrogen and oxygen atoms in total. The molecule has 0 fully saturated rings. The first-order valence-electron chi connectivity index (χ1n) is 6.85. The van der Waals surface area contributed by atoms with E-state index in [0.717, 1.165) is 23.2 Å². The molecule has 0 saturated heterocycles. The van der Waals surface area contributed by atoms with Crippen molar-refractivity contribution in [3.8, 4) is 0 Å². The number of nitrogens with one attached hydrogen (secondary N) is 1. The molecule has 2 aromatic rings. The second kappa shape index (κ2) is 5.82. The fourth-order valence-corrected chi connectivity index (χ4v) is 3.80. The third-order valence-corrected chi connectivity index (χ3v) is 4.99. The summed E-state index contributed by atoms with van der Waals surface area (Å²) in [6.07, 6.45) is 1.30. The van der Waals surface area contributed by atoms with Crippen molar-refractivity contribution in [1.29, 1.82) is 0 Å². The molecule has 3 rings (SSSR count). The molecule has 0 aliphatic carbocycles. The van der Waals surface area contributed by atoms with Crippen molar-refractivity contribution in [2.75, 3.05) is 5.32 Å². The Morgan fingerprint density at radius 3 is 2.86 bits per heavy atom. The first-order valence-corrected chi connectivity index (χ1v) is 8.14. The predicted octanol–water partition coefficient (Wildman–Crippen LogP) is 4.82. The summed E-state index contributed by atoms with van der Waals surface area (Å²) < 4.78 is 0. The molecule has 1 heterocycles. The fourth-order valence-electron chi connectivity index (χ4n) is 2.65. The number of fused-ring (bicyclic) bond motifs is 1. The number of benzene rings is 2. The van der Waals surface area contributed by atoms with E-state index >= 15 is 0 Å². The van der Waals surface area contributed by atoms with E-state index in [1.54, 1.807) is 0 Å². The van der Waals surface area contributed by atoms with Crippen molar-refractivity contribution in [2.24, 2.45) is 0 Å². The van der Waals surface area contributed by atoms with Crippen molar-refractivity contribution in [1.82, 2.24) is 0 Å². The standard InChI is InChI=1S/C17H15BrClNO/c1-10-4-2-3-5-11(10)7-14(18)13-6-12-8-17(21)20-16(12)9-15(13)19/h2-6,9,14H,7-8H2,1H3,(H,20,21). The summed E-state index contributed by atoms with van der Waals surface area (Å²) >= 11 is 10.1. The zero-order valence-electron chi connectivity index (χ0n) is 11.6. The Bertz CT molecular complexity index is 714. The number of hydrogen-bond acceptors (Lipinski definition) is 1. The van der Waals surface area contributed by atoms with Gasteiger partial charge in [0.05, 0.1) is 6.42 Å². The molecule has 0 saturated carbocycles. The van der Waals surface area contributed by atoms with Crippen LogP contribution in [0.4, 0.5) is 5.69 Å². The van der Waals surface area contributed by atoms with E-state index in [2.05, 4.69) is 46.4 Å². The van der Waals surface area contributed by atoms with Gasteiger partial charge in [0, 0.05) is 15.5 Å². The number of amides is 1. The summed E-state index contributed by atoms with van der Waals surface area (Å²) in [5.41, 5.74) is 5.47. The largest absolute Gasteiger partial charge is 0.325 e. The Labute approximate surface area is 137 Å². The average Bonchev–Trinajstić information content (AvgIpc) is 2.79. The number of hydrogen-bond donors (Lipinski definition) is 1. The first-order chi connectivity index (χ1) is 10.0. The third kappa shape index (κ3) is 2.99. The van der Waals surface area contributed by atoms with Crippen LogP contribution in [0.5, 0.6) is 0 Å². The molecule has 4 heteroatoms. The van der Waals surface area contributed by atoms with Crippen molar-refractivity contribution >= 4 is 39.1 Å². The maximum atomic E-state index is 11.5. The molecular weight excluding hydrogens is 350 g/mol. The van der Waals surface area contributed by atoms with Gasteiger partial charge in [0.25, 0.3) is 0 Å². The van der Waals surface area contributed by atoms with Gasteiger partial charge in [-0.2, -0.15) is 0 Å². The van der Waals surface area contributed by atoms with Crippen molar-refractivity contribution in [2.45, 2.75) is 24.6 Å². The minimum atomic E-state index is 0.0308. The molecule has 1 amide bonds. The lowest BCUT2D eigenvalue weighted by molar-refractivity contribution is -0.115. The van der Waals surface area contributed by atoms with E-state index in [0.29, 0.717) is 11.4 Å². The molecule has 0 bridgehead atoms. The molecule has 1 N–H and O–H groups in total. The van der Waals surface area contributed by atoms with Gasteiger partial charge in [-0.15, -0.1) is 0 Å². The topological polar surface area (TPSA) is 29.1 Å². The zero-order valence-corrected chi connectivity index (χ0v) is 14.0. The Kier molecular flexibility index (Phi) is 4.05. The molecule has 0 radical (unpaired) electrons. The normalized spacial score (nSPS) is 14.7. The van der Waals surface area contributed by atoms with Gasteiger partial charge in [-0.3, -0.25) is 4.79 Å². The van der Waals surface area contributed by atoms with Crippen LogP contribution in [0, 0.1) is 6.92 Å². The number of rotatable bonds is 3. The van der Waals surface area contributed by atoms with E-state index in [1.807, 2.05) is 18.2 Å². The Morgan fingerprint density at radius 1 is 1.33 bits per heavy atom. The molecule has 1 aliphatic rings. The lowest BCUT2D eigenvalue weighted by atomic mass is 9.98. The smallest absolute Gasteiger partial charge is 0.228 e. The number of carbonyl (C=O) groups excluding carboxylic acids is 1. The highest BCUT2D eigenvalue weighted by Crippen LogP contribution is 2.37. The van der Waals surface area contributed by atoms with Crippen LogP contribution in [-0.2, 0) is 17.6 Å². The first kappa shape index (κ1) is 14.6. The van der Waals surface area contributed by atoms with Crippen LogP contribution in [-0.4, -0.2) is 5.91 Å². The number of halogens is 2. The number of carbonyl (C=O) groups is 1. The summed E-state index contributed by atoms with van der Waals surface area (Å²) in [5.74, 6) is 0.0308. The van der Waals surface area contributed by atoms with Crippen LogP contribution < -0.4 is 5.32 Å². The second-order valence-corrected chi connectivity index (χ2v) is 6.87. The van der Waals surface area contributed by atoms with Gasteiger partial charge in [0.1, 0.15) is 0 Å². The van der Waals surface area contributed by atoms with Gasteiger partial charge < -0.3 is 5.32 Å². The molecule has 108 valence electrons. The van der Waals surface area contributed by atoms with Crippen molar-refractivity contribution in [3.63, 3.8) is 0 Å². The summed E-state index contributed by atoms with van der Waals surface area (Å²) in [7, 11) is 0. The summed E-state index contributed by atoms with van der Waals surface area (Å²) in [6, 6.07) is 12.2. The average molecular weight is 365 g/mol.